The number of halogens is 3. The predicted octanol–water partition coefficient (Wildman–Crippen LogP) is 3.72. The van der Waals surface area contributed by atoms with Crippen molar-refractivity contribution in [1.29, 1.82) is 0 Å². The summed E-state index contributed by atoms with van der Waals surface area (Å²) in [5.74, 6) is 0. The fourth-order valence-corrected chi connectivity index (χ4v) is 2.73. The van der Waals surface area contributed by atoms with Crippen LogP contribution in [0.5, 0.6) is 0 Å². The number of nitrogens with two attached hydrogens (primary N) is 1. The first kappa shape index (κ1) is 14.0. The Morgan fingerprint density at radius 2 is 1.95 bits per heavy atom. The number of thiazole rings is 1. The molecule has 2 nitrogen and oxygen atoms in total. The highest BCUT2D eigenvalue weighted by Gasteiger charge is 2.33. The molecule has 1 aromatic heterocycles. The first-order valence-electron chi connectivity index (χ1n) is 5.83. The summed E-state index contributed by atoms with van der Waals surface area (Å²) < 4.78 is 38.7. The summed E-state index contributed by atoms with van der Waals surface area (Å²) in [4.78, 5) is 5.05. The molecule has 0 saturated heterocycles. The molecule has 0 saturated carbocycles. The number of alkyl halides is 3. The average molecular weight is 286 g/mol. The second-order valence-electron chi connectivity index (χ2n) is 4.07. The van der Waals surface area contributed by atoms with Gasteiger partial charge in [-0.2, -0.15) is 13.2 Å². The van der Waals surface area contributed by atoms with Gasteiger partial charge in [0.25, 0.3) is 0 Å². The molecule has 0 aliphatic rings. The fourth-order valence-electron chi connectivity index (χ4n) is 1.74. The van der Waals surface area contributed by atoms with Crippen LogP contribution in [0.15, 0.2) is 30.5 Å². The number of hydrogen-bond donors (Lipinski definition) is 1. The van der Waals surface area contributed by atoms with Gasteiger partial charge in [0, 0.05) is 16.6 Å². The number of nitrogens with zero attached hydrogens (tertiary/aromatic N) is 1. The predicted molar refractivity (Wildman–Crippen MR) is 69.9 cm³/mol. The molecule has 2 rings (SSSR count). The zero-order chi connectivity index (χ0) is 13.9. The summed E-state index contributed by atoms with van der Waals surface area (Å²) in [6.07, 6.45) is -1.17. The van der Waals surface area contributed by atoms with Crippen LogP contribution in [0.2, 0.25) is 0 Å². The van der Waals surface area contributed by atoms with Crippen molar-refractivity contribution < 1.29 is 13.2 Å². The summed E-state index contributed by atoms with van der Waals surface area (Å²) >= 11 is 1.29. The molecule has 0 bridgehead atoms. The maximum atomic E-state index is 12.9. The fraction of sp³-hybridized carbons (Fsp3) is 0.308. The summed E-state index contributed by atoms with van der Waals surface area (Å²) in [5.41, 5.74) is 4.91. The summed E-state index contributed by atoms with van der Waals surface area (Å²) in [5, 5.41) is 0.403. The SMILES string of the molecule is NCCCc1cnc(-c2ccccc2C(F)(F)F)s1. The van der Waals surface area contributed by atoms with E-state index in [2.05, 4.69) is 4.98 Å². The Bertz CT molecular complexity index is 549. The highest BCUT2D eigenvalue weighted by Crippen LogP contribution is 2.38. The third kappa shape index (κ3) is 3.33. The smallest absolute Gasteiger partial charge is 0.330 e. The van der Waals surface area contributed by atoms with Gasteiger partial charge in [0.05, 0.1) is 5.56 Å². The zero-order valence-corrected chi connectivity index (χ0v) is 10.9. The van der Waals surface area contributed by atoms with Crippen LogP contribution < -0.4 is 5.73 Å². The maximum Gasteiger partial charge on any atom is 0.417 e. The van der Waals surface area contributed by atoms with Crippen molar-refractivity contribution in [2.45, 2.75) is 19.0 Å². The minimum atomic E-state index is -4.36. The highest BCUT2D eigenvalue weighted by molar-refractivity contribution is 7.15. The van der Waals surface area contributed by atoms with Crippen LogP contribution in [0, 0.1) is 0 Å². The molecule has 0 radical (unpaired) electrons. The van der Waals surface area contributed by atoms with Crippen LogP contribution in [0.25, 0.3) is 10.6 Å². The van der Waals surface area contributed by atoms with Gasteiger partial charge in [0.15, 0.2) is 0 Å². The number of aryl methyl sites for hydroxylation is 1. The summed E-state index contributed by atoms with van der Waals surface area (Å²) in [6, 6.07) is 5.51. The Morgan fingerprint density at radius 1 is 1.21 bits per heavy atom. The molecule has 0 unspecified atom stereocenters. The molecule has 0 aliphatic carbocycles. The van der Waals surface area contributed by atoms with Crippen molar-refractivity contribution in [2.24, 2.45) is 5.73 Å². The molecule has 19 heavy (non-hydrogen) atoms. The molecule has 0 fully saturated rings. The van der Waals surface area contributed by atoms with E-state index >= 15 is 0 Å². The lowest BCUT2D eigenvalue weighted by molar-refractivity contribution is -0.137. The zero-order valence-electron chi connectivity index (χ0n) is 10.1. The lowest BCUT2D eigenvalue weighted by atomic mass is 10.1. The van der Waals surface area contributed by atoms with Crippen LogP contribution >= 0.6 is 11.3 Å². The van der Waals surface area contributed by atoms with E-state index in [1.807, 2.05) is 0 Å². The van der Waals surface area contributed by atoms with Crippen molar-refractivity contribution in [3.63, 3.8) is 0 Å². The molecule has 0 aliphatic heterocycles. The Labute approximate surface area is 113 Å². The van der Waals surface area contributed by atoms with Crippen LogP contribution in [0.4, 0.5) is 13.2 Å². The number of aromatic nitrogens is 1. The average Bonchev–Trinajstić information content (AvgIpc) is 2.84. The molecule has 0 atom stereocenters. The van der Waals surface area contributed by atoms with Crippen molar-refractivity contribution in [3.8, 4) is 10.6 Å². The molecule has 0 amide bonds. The number of hydrogen-bond acceptors (Lipinski definition) is 3. The van der Waals surface area contributed by atoms with Crippen molar-refractivity contribution in [2.75, 3.05) is 6.54 Å². The third-order valence-corrected chi connectivity index (χ3v) is 3.73. The normalized spacial score (nSPS) is 11.8. The molecule has 0 spiro atoms. The van der Waals surface area contributed by atoms with Gasteiger partial charge in [0.1, 0.15) is 5.01 Å². The largest absolute Gasteiger partial charge is 0.417 e. The van der Waals surface area contributed by atoms with E-state index in [9.17, 15) is 13.2 Å². The van der Waals surface area contributed by atoms with Gasteiger partial charge in [-0.25, -0.2) is 4.98 Å². The molecule has 6 heteroatoms. The van der Waals surface area contributed by atoms with Gasteiger partial charge in [0.2, 0.25) is 0 Å². The third-order valence-electron chi connectivity index (χ3n) is 2.64. The van der Waals surface area contributed by atoms with Gasteiger partial charge in [-0.15, -0.1) is 11.3 Å². The van der Waals surface area contributed by atoms with E-state index in [0.717, 1.165) is 23.8 Å². The van der Waals surface area contributed by atoms with E-state index < -0.39 is 11.7 Å². The van der Waals surface area contributed by atoms with Crippen molar-refractivity contribution in [1.82, 2.24) is 4.98 Å². The molecule has 1 heterocycles. The Balaban J connectivity index is 2.34. The Kier molecular flexibility index (Phi) is 4.21. The second-order valence-corrected chi connectivity index (χ2v) is 5.18. The molecule has 1 aromatic carbocycles. The minimum Gasteiger partial charge on any atom is -0.330 e. The maximum absolute atomic E-state index is 12.9. The lowest BCUT2D eigenvalue weighted by Gasteiger charge is -2.10. The van der Waals surface area contributed by atoms with Crippen LogP contribution in [-0.4, -0.2) is 11.5 Å². The van der Waals surface area contributed by atoms with Crippen LogP contribution in [0.1, 0.15) is 16.9 Å². The Hall–Kier alpha value is -1.40. The van der Waals surface area contributed by atoms with E-state index in [0.29, 0.717) is 11.6 Å². The number of rotatable bonds is 4. The van der Waals surface area contributed by atoms with Crippen molar-refractivity contribution in [3.05, 3.63) is 40.9 Å². The van der Waals surface area contributed by atoms with E-state index in [1.54, 1.807) is 12.3 Å². The topological polar surface area (TPSA) is 38.9 Å². The molecule has 102 valence electrons. The van der Waals surface area contributed by atoms with E-state index in [-0.39, 0.29) is 5.56 Å². The van der Waals surface area contributed by atoms with Gasteiger partial charge in [-0.05, 0) is 25.5 Å². The molecular weight excluding hydrogens is 273 g/mol. The van der Waals surface area contributed by atoms with E-state index in [1.165, 1.54) is 23.5 Å². The first-order chi connectivity index (χ1) is 9.02. The molecular formula is C13H13F3N2S. The quantitative estimate of drug-likeness (QED) is 0.930. The lowest BCUT2D eigenvalue weighted by Crippen LogP contribution is -2.06. The standard InChI is InChI=1S/C13H13F3N2S/c14-13(15,16)11-6-2-1-5-10(11)12-18-8-9(19-12)4-3-7-17/h1-2,5-6,8H,3-4,7,17H2. The Morgan fingerprint density at radius 3 is 2.63 bits per heavy atom. The van der Waals surface area contributed by atoms with E-state index in [4.69, 9.17) is 5.73 Å². The second kappa shape index (κ2) is 5.71. The molecule has 2 aromatic rings. The van der Waals surface area contributed by atoms with Crippen LogP contribution in [0.3, 0.4) is 0 Å². The van der Waals surface area contributed by atoms with Gasteiger partial charge < -0.3 is 5.73 Å². The van der Waals surface area contributed by atoms with Gasteiger partial charge in [-0.1, -0.05) is 18.2 Å². The monoisotopic (exact) mass is 286 g/mol. The van der Waals surface area contributed by atoms with Gasteiger partial charge in [-0.3, -0.25) is 0 Å². The summed E-state index contributed by atoms with van der Waals surface area (Å²) in [7, 11) is 0. The first-order valence-corrected chi connectivity index (χ1v) is 6.65. The van der Waals surface area contributed by atoms with Crippen LogP contribution in [-0.2, 0) is 12.6 Å². The minimum absolute atomic E-state index is 0.138. The van der Waals surface area contributed by atoms with Gasteiger partial charge >= 0.3 is 6.18 Å². The number of benzene rings is 1. The molecule has 2 N–H and O–H groups in total. The van der Waals surface area contributed by atoms with Crippen molar-refractivity contribution >= 4 is 11.3 Å². The summed E-state index contributed by atoms with van der Waals surface area (Å²) in [6.45, 7) is 0.562. The highest BCUT2D eigenvalue weighted by atomic mass is 32.1.